The van der Waals surface area contributed by atoms with Gasteiger partial charge in [0.2, 0.25) is 5.91 Å². The van der Waals surface area contributed by atoms with Crippen LogP contribution in [0.15, 0.2) is 42.6 Å². The molecule has 104 valence electrons. The number of hydrogen-bond acceptors (Lipinski definition) is 3. The number of amides is 1. The van der Waals surface area contributed by atoms with Gasteiger partial charge in [0, 0.05) is 6.42 Å². The number of benzene rings is 1. The van der Waals surface area contributed by atoms with Crippen molar-refractivity contribution >= 4 is 17.4 Å². The lowest BCUT2D eigenvalue weighted by Crippen LogP contribution is -2.12. The number of carbonyl (C=O) groups is 1. The molecule has 4 nitrogen and oxygen atoms in total. The maximum absolute atomic E-state index is 11.8. The summed E-state index contributed by atoms with van der Waals surface area (Å²) in [6, 6.07) is 11.8. The summed E-state index contributed by atoms with van der Waals surface area (Å²) in [5, 5.41) is 2.76. The van der Waals surface area contributed by atoms with Gasteiger partial charge in [-0.05, 0) is 37.5 Å². The lowest BCUT2D eigenvalue weighted by atomic mass is 10.1. The molecule has 0 saturated carbocycles. The Morgan fingerprint density at radius 3 is 2.85 bits per heavy atom. The van der Waals surface area contributed by atoms with Crippen molar-refractivity contribution in [1.29, 1.82) is 0 Å². The number of rotatable bonds is 5. The summed E-state index contributed by atoms with van der Waals surface area (Å²) in [5.41, 5.74) is 8.64. The van der Waals surface area contributed by atoms with Gasteiger partial charge in [-0.25, -0.2) is 4.98 Å². The first kappa shape index (κ1) is 14.1. The number of carbonyl (C=O) groups excluding carboxylic acids is 1. The van der Waals surface area contributed by atoms with Crippen LogP contribution in [-0.4, -0.2) is 10.9 Å². The van der Waals surface area contributed by atoms with Crippen LogP contribution in [0.2, 0.25) is 0 Å². The van der Waals surface area contributed by atoms with Crippen molar-refractivity contribution in [2.24, 2.45) is 0 Å². The zero-order valence-electron chi connectivity index (χ0n) is 11.6. The maximum Gasteiger partial charge on any atom is 0.225 e. The number of hydrogen-bond donors (Lipinski definition) is 2. The number of nitrogens with one attached hydrogen (secondary N) is 1. The second-order valence-corrected chi connectivity index (χ2v) is 4.87. The van der Waals surface area contributed by atoms with E-state index in [-0.39, 0.29) is 5.91 Å². The highest BCUT2D eigenvalue weighted by Gasteiger charge is 2.03. The van der Waals surface area contributed by atoms with Crippen molar-refractivity contribution in [3.63, 3.8) is 0 Å². The zero-order valence-corrected chi connectivity index (χ0v) is 11.6. The number of aryl methyl sites for hydroxylation is 2. The third-order valence-corrected chi connectivity index (χ3v) is 3.01. The first-order valence-electron chi connectivity index (χ1n) is 6.70. The van der Waals surface area contributed by atoms with Gasteiger partial charge in [0.05, 0.1) is 11.9 Å². The minimum atomic E-state index is -0.0186. The molecule has 1 aromatic carbocycles. The van der Waals surface area contributed by atoms with Gasteiger partial charge in [0.1, 0.15) is 5.82 Å². The van der Waals surface area contributed by atoms with Gasteiger partial charge in [-0.1, -0.05) is 29.8 Å². The highest BCUT2D eigenvalue weighted by Crippen LogP contribution is 2.10. The van der Waals surface area contributed by atoms with Crippen molar-refractivity contribution in [2.75, 3.05) is 11.1 Å². The van der Waals surface area contributed by atoms with E-state index in [9.17, 15) is 4.79 Å². The van der Waals surface area contributed by atoms with Crippen molar-refractivity contribution in [1.82, 2.24) is 4.98 Å². The van der Waals surface area contributed by atoms with Crippen molar-refractivity contribution in [2.45, 2.75) is 26.2 Å². The maximum atomic E-state index is 11.8. The van der Waals surface area contributed by atoms with Crippen molar-refractivity contribution in [3.05, 3.63) is 53.7 Å². The predicted octanol–water partition coefficient (Wildman–Crippen LogP) is 2.93. The second-order valence-electron chi connectivity index (χ2n) is 4.87. The number of nitrogens with two attached hydrogens (primary N) is 1. The van der Waals surface area contributed by atoms with Crippen LogP contribution >= 0.6 is 0 Å². The van der Waals surface area contributed by atoms with Gasteiger partial charge >= 0.3 is 0 Å². The molecule has 4 heteroatoms. The normalized spacial score (nSPS) is 10.2. The molecular formula is C16H19N3O. The van der Waals surface area contributed by atoms with Crippen LogP contribution in [0, 0.1) is 6.92 Å². The smallest absolute Gasteiger partial charge is 0.225 e. The van der Waals surface area contributed by atoms with Gasteiger partial charge in [-0.15, -0.1) is 0 Å². The summed E-state index contributed by atoms with van der Waals surface area (Å²) in [6.07, 6.45) is 3.75. The molecule has 0 atom stereocenters. The number of aromatic nitrogens is 1. The Labute approximate surface area is 119 Å². The van der Waals surface area contributed by atoms with Crippen molar-refractivity contribution in [3.8, 4) is 0 Å². The van der Waals surface area contributed by atoms with Crippen LogP contribution in [0.25, 0.3) is 0 Å². The van der Waals surface area contributed by atoms with E-state index in [0.29, 0.717) is 17.9 Å². The molecule has 1 heterocycles. The van der Waals surface area contributed by atoms with Crippen LogP contribution in [0.3, 0.4) is 0 Å². The fourth-order valence-corrected chi connectivity index (χ4v) is 2.01. The summed E-state index contributed by atoms with van der Waals surface area (Å²) >= 11 is 0. The molecule has 2 aromatic rings. The topological polar surface area (TPSA) is 68.0 Å². The summed E-state index contributed by atoms with van der Waals surface area (Å²) in [4.78, 5) is 15.8. The third-order valence-electron chi connectivity index (χ3n) is 3.01. The number of nitrogen functional groups attached to an aromatic ring is 1. The summed E-state index contributed by atoms with van der Waals surface area (Å²) in [5.74, 6) is 0.523. The predicted molar refractivity (Wildman–Crippen MR) is 81.4 cm³/mol. The minimum absolute atomic E-state index is 0.0186. The zero-order chi connectivity index (χ0) is 14.4. The molecule has 2 rings (SSSR count). The lowest BCUT2D eigenvalue weighted by molar-refractivity contribution is -0.116. The Kier molecular flexibility index (Phi) is 4.71. The molecule has 0 aliphatic carbocycles. The Hall–Kier alpha value is -2.36. The van der Waals surface area contributed by atoms with E-state index in [0.717, 1.165) is 12.8 Å². The standard InChI is InChI=1S/C16H19N3O/c1-12-4-2-5-13(10-12)6-3-7-16(20)19-15-9-8-14(17)11-18-15/h2,4-5,8-11H,3,6-7,17H2,1H3,(H,18,19,20). The van der Waals surface area contributed by atoms with Crippen LogP contribution in [0.1, 0.15) is 24.0 Å². The average molecular weight is 269 g/mol. The van der Waals surface area contributed by atoms with Gasteiger partial charge < -0.3 is 11.1 Å². The van der Waals surface area contributed by atoms with Gasteiger partial charge in [0.15, 0.2) is 0 Å². The van der Waals surface area contributed by atoms with Crippen molar-refractivity contribution < 1.29 is 4.79 Å². The SMILES string of the molecule is Cc1cccc(CCCC(=O)Nc2ccc(N)cn2)c1. The van der Waals surface area contributed by atoms with Gasteiger partial charge in [-0.3, -0.25) is 4.79 Å². The average Bonchev–Trinajstić information content (AvgIpc) is 2.41. The number of anilines is 2. The minimum Gasteiger partial charge on any atom is -0.397 e. The molecule has 1 aromatic heterocycles. The van der Waals surface area contributed by atoms with Crippen LogP contribution < -0.4 is 11.1 Å². The molecule has 3 N–H and O–H groups in total. The molecular weight excluding hydrogens is 250 g/mol. The fourth-order valence-electron chi connectivity index (χ4n) is 2.01. The Morgan fingerprint density at radius 1 is 1.30 bits per heavy atom. The summed E-state index contributed by atoms with van der Waals surface area (Å²) in [7, 11) is 0. The largest absolute Gasteiger partial charge is 0.397 e. The van der Waals surface area contributed by atoms with E-state index in [1.54, 1.807) is 12.1 Å². The van der Waals surface area contributed by atoms with E-state index >= 15 is 0 Å². The highest BCUT2D eigenvalue weighted by atomic mass is 16.1. The monoisotopic (exact) mass is 269 g/mol. The highest BCUT2D eigenvalue weighted by molar-refractivity contribution is 5.89. The van der Waals surface area contributed by atoms with E-state index in [1.165, 1.54) is 17.3 Å². The van der Waals surface area contributed by atoms with Gasteiger partial charge in [0.25, 0.3) is 0 Å². The first-order valence-corrected chi connectivity index (χ1v) is 6.70. The molecule has 0 aliphatic rings. The lowest BCUT2D eigenvalue weighted by Gasteiger charge is -2.05. The van der Waals surface area contributed by atoms with Gasteiger partial charge in [-0.2, -0.15) is 0 Å². The van der Waals surface area contributed by atoms with E-state index in [1.807, 2.05) is 6.07 Å². The molecule has 0 spiro atoms. The quantitative estimate of drug-likeness (QED) is 0.877. The molecule has 0 radical (unpaired) electrons. The molecule has 0 bridgehead atoms. The Morgan fingerprint density at radius 2 is 2.15 bits per heavy atom. The number of nitrogens with zero attached hydrogens (tertiary/aromatic N) is 1. The number of pyridine rings is 1. The fraction of sp³-hybridized carbons (Fsp3) is 0.250. The van der Waals surface area contributed by atoms with E-state index in [2.05, 4.69) is 35.4 Å². The summed E-state index contributed by atoms with van der Waals surface area (Å²) in [6.45, 7) is 2.07. The third kappa shape index (κ3) is 4.39. The Bertz CT molecular complexity index is 579. The van der Waals surface area contributed by atoms with Crippen LogP contribution in [0.5, 0.6) is 0 Å². The molecule has 20 heavy (non-hydrogen) atoms. The molecule has 0 saturated heterocycles. The molecule has 0 aliphatic heterocycles. The van der Waals surface area contributed by atoms with Crippen LogP contribution in [0.4, 0.5) is 11.5 Å². The Balaban J connectivity index is 1.76. The summed E-state index contributed by atoms with van der Waals surface area (Å²) < 4.78 is 0. The van der Waals surface area contributed by atoms with E-state index < -0.39 is 0 Å². The second kappa shape index (κ2) is 6.70. The van der Waals surface area contributed by atoms with Crippen LogP contribution in [-0.2, 0) is 11.2 Å². The molecule has 0 fully saturated rings. The molecule has 0 unspecified atom stereocenters. The molecule has 1 amide bonds. The van der Waals surface area contributed by atoms with E-state index in [4.69, 9.17) is 5.73 Å². The first-order chi connectivity index (χ1) is 9.63.